The number of rotatable bonds is 25. The lowest BCUT2D eigenvalue weighted by atomic mass is 9.84. The predicted octanol–water partition coefficient (Wildman–Crippen LogP) is 7.23. The number of nitrogens with one attached hydrogen (secondary N) is 5. The molecule has 2 aliphatic carbocycles. The second-order valence-corrected chi connectivity index (χ2v) is 25.0. The molecule has 1 fully saturated rings. The molecule has 79 heavy (non-hydrogen) atoms. The maximum atomic E-state index is 15.4. The number of amides is 5. The zero-order valence-electron chi connectivity index (χ0n) is 48.1. The van der Waals surface area contributed by atoms with Crippen LogP contribution in [0, 0.1) is 23.7 Å². The van der Waals surface area contributed by atoms with Crippen LogP contribution in [-0.2, 0) is 62.1 Å². The SMILES string of the molecule is COC(=O)[C@@H](NC(=O)[C@@H](NC(=O)[C@H](CC(=O)OC(C)(C)C)NC(=O)[C@@H](CSC(c1ccccc1)(c1ccccc1)c1ccccc1)NC(=O)[C@H](CCC(=O)OC(C)(C)C)NC(=O)C1C[C@@H]2C=C[C@H]1C2)C(C)C)[C@@H](C)OC(C)(C)C. The molecule has 17 nitrogen and oxygen atoms in total. The molecule has 3 aromatic rings. The summed E-state index contributed by atoms with van der Waals surface area (Å²) in [6.07, 6.45) is 3.55. The number of esters is 3. The van der Waals surface area contributed by atoms with Crippen LogP contribution in [0.15, 0.2) is 103 Å². The van der Waals surface area contributed by atoms with E-state index >= 15 is 9.59 Å². The van der Waals surface area contributed by atoms with Crippen molar-refractivity contribution >= 4 is 59.2 Å². The zero-order chi connectivity index (χ0) is 58.5. The van der Waals surface area contributed by atoms with Crippen LogP contribution in [-0.4, -0.2) is 113 Å². The van der Waals surface area contributed by atoms with Crippen molar-refractivity contribution in [2.45, 2.75) is 173 Å². The highest BCUT2D eigenvalue weighted by Crippen LogP contribution is 2.49. The molecule has 0 radical (unpaired) electrons. The van der Waals surface area contributed by atoms with Crippen LogP contribution in [0.25, 0.3) is 0 Å². The molecule has 3 aromatic carbocycles. The van der Waals surface area contributed by atoms with Crippen molar-refractivity contribution in [1.82, 2.24) is 26.6 Å². The Hall–Kier alpha value is -6.53. The van der Waals surface area contributed by atoms with Crippen molar-refractivity contribution in [3.63, 3.8) is 0 Å². The first-order chi connectivity index (χ1) is 37.0. The van der Waals surface area contributed by atoms with E-state index in [1.165, 1.54) is 18.9 Å². The van der Waals surface area contributed by atoms with E-state index in [0.29, 0.717) is 6.42 Å². The van der Waals surface area contributed by atoms with Gasteiger partial charge in [0.2, 0.25) is 29.5 Å². The molecule has 5 amide bonds. The van der Waals surface area contributed by atoms with E-state index in [2.05, 4.69) is 32.7 Å². The van der Waals surface area contributed by atoms with Crippen LogP contribution in [0.1, 0.15) is 132 Å². The number of thioether (sulfide) groups is 1. The fourth-order valence-electron chi connectivity index (χ4n) is 9.90. The quantitative estimate of drug-likeness (QED) is 0.0244. The Bertz CT molecular complexity index is 2510. The first-order valence-electron chi connectivity index (χ1n) is 27.2. The molecule has 0 spiro atoms. The van der Waals surface area contributed by atoms with Crippen LogP contribution in [0.3, 0.4) is 0 Å². The van der Waals surface area contributed by atoms with E-state index in [0.717, 1.165) is 23.1 Å². The first kappa shape index (κ1) is 63.3. The van der Waals surface area contributed by atoms with Gasteiger partial charge in [-0.05, 0) is 123 Å². The molecule has 0 saturated heterocycles. The predicted molar refractivity (Wildman–Crippen MR) is 303 cm³/mol. The van der Waals surface area contributed by atoms with E-state index in [4.69, 9.17) is 18.9 Å². The Morgan fingerprint density at radius 3 is 1.49 bits per heavy atom. The zero-order valence-corrected chi connectivity index (χ0v) is 49.0. The summed E-state index contributed by atoms with van der Waals surface area (Å²) in [5, 5.41) is 13.9. The monoisotopic (exact) mass is 1110 g/mol. The fraction of sp³-hybridized carbons (Fsp3) is 0.541. The smallest absolute Gasteiger partial charge is 0.331 e. The highest BCUT2D eigenvalue weighted by atomic mass is 32.2. The summed E-state index contributed by atoms with van der Waals surface area (Å²) in [6.45, 7) is 20.4. The Labute approximate surface area is 470 Å². The number of carbonyl (C=O) groups excluding carboxylic acids is 8. The van der Waals surface area contributed by atoms with Gasteiger partial charge in [-0.15, -0.1) is 11.8 Å². The van der Waals surface area contributed by atoms with Crippen molar-refractivity contribution in [2.75, 3.05) is 12.9 Å². The summed E-state index contributed by atoms with van der Waals surface area (Å²) >= 11 is 1.34. The van der Waals surface area contributed by atoms with Gasteiger partial charge in [0.1, 0.15) is 35.4 Å². The van der Waals surface area contributed by atoms with Crippen molar-refractivity contribution in [3.8, 4) is 0 Å². The second kappa shape index (κ2) is 27.6. The normalized spacial score (nSPS) is 18.4. The van der Waals surface area contributed by atoms with Gasteiger partial charge in [0, 0.05) is 18.1 Å². The number of allylic oxidation sites excluding steroid dienone is 2. The summed E-state index contributed by atoms with van der Waals surface area (Å²) in [5.41, 5.74) is -0.00693. The van der Waals surface area contributed by atoms with E-state index in [-0.39, 0.29) is 36.3 Å². The van der Waals surface area contributed by atoms with Gasteiger partial charge in [-0.25, -0.2) is 4.79 Å². The lowest BCUT2D eigenvalue weighted by molar-refractivity contribution is -0.157. The van der Waals surface area contributed by atoms with Crippen molar-refractivity contribution < 1.29 is 57.3 Å². The number of benzene rings is 3. The molecule has 1 unspecified atom stereocenters. The molecule has 1 saturated carbocycles. The molecular weight excluding hydrogens is 1030 g/mol. The Kier molecular flexibility index (Phi) is 22.1. The minimum atomic E-state index is -1.70. The summed E-state index contributed by atoms with van der Waals surface area (Å²) in [5.74, 6) is -6.94. The molecule has 0 heterocycles. The van der Waals surface area contributed by atoms with Crippen LogP contribution in [0.2, 0.25) is 0 Å². The molecule has 18 heteroatoms. The molecular formula is C61H83N5O12S. The summed E-state index contributed by atoms with van der Waals surface area (Å²) in [4.78, 5) is 113. The van der Waals surface area contributed by atoms with Crippen LogP contribution in [0.4, 0.5) is 0 Å². The highest BCUT2D eigenvalue weighted by Gasteiger charge is 2.44. The van der Waals surface area contributed by atoms with Crippen molar-refractivity contribution in [3.05, 3.63) is 120 Å². The number of hydrogen-bond donors (Lipinski definition) is 5. The van der Waals surface area contributed by atoms with Gasteiger partial charge >= 0.3 is 17.9 Å². The largest absolute Gasteiger partial charge is 0.467 e. The van der Waals surface area contributed by atoms with E-state index in [1.54, 1.807) is 83.1 Å². The molecule has 0 aliphatic heterocycles. The number of methoxy groups -OCH3 is 1. The fourth-order valence-corrected chi connectivity index (χ4v) is 11.5. The first-order valence-corrected chi connectivity index (χ1v) is 28.2. The molecule has 2 aliphatic rings. The van der Waals surface area contributed by atoms with Crippen LogP contribution >= 0.6 is 11.8 Å². The molecule has 2 bridgehead atoms. The van der Waals surface area contributed by atoms with Gasteiger partial charge in [-0.3, -0.25) is 33.6 Å². The second-order valence-electron chi connectivity index (χ2n) is 23.8. The Morgan fingerprint density at radius 1 is 0.557 bits per heavy atom. The summed E-state index contributed by atoms with van der Waals surface area (Å²) in [7, 11) is 1.17. The van der Waals surface area contributed by atoms with E-state index in [9.17, 15) is 28.8 Å². The maximum Gasteiger partial charge on any atom is 0.331 e. The van der Waals surface area contributed by atoms with Gasteiger partial charge in [0.25, 0.3) is 0 Å². The standard InChI is InChI=1S/C61H83N5O12S/c1-37(2)50(56(73)66-51(57(74)75-13)38(3)76-58(4,5)6)65-54(71)46(35-49(68)78-60(10,11)12)63-55(72)47(36-79-61(41-23-17-14-18-24-41,42-25-19-15-20-26-42)43-27-21-16-22-28-43)64-53(70)45(31-32-48(67)77-59(7,8)9)62-52(69)44-34-39-29-30-40(44)33-39/h14-30,37-40,44-47,50-51H,31-36H2,1-13H3,(H,62,69)(H,63,72)(H,64,70)(H,65,71)(H,66,73)/t38-,39-,40+,44?,45+,46+,47-,50+,51+/m1/s1. The van der Waals surface area contributed by atoms with Crippen molar-refractivity contribution in [1.29, 1.82) is 0 Å². The molecule has 0 aromatic heterocycles. The molecule has 430 valence electrons. The minimum Gasteiger partial charge on any atom is -0.467 e. The van der Waals surface area contributed by atoms with Gasteiger partial charge in [-0.1, -0.05) is 117 Å². The summed E-state index contributed by atoms with van der Waals surface area (Å²) in [6, 6.07) is 21.9. The molecule has 5 rings (SSSR count). The lowest BCUT2D eigenvalue weighted by Gasteiger charge is -2.37. The third-order valence-electron chi connectivity index (χ3n) is 13.4. The van der Waals surface area contributed by atoms with Crippen LogP contribution < -0.4 is 26.6 Å². The van der Waals surface area contributed by atoms with Crippen LogP contribution in [0.5, 0.6) is 0 Å². The van der Waals surface area contributed by atoms with Crippen molar-refractivity contribution in [2.24, 2.45) is 23.7 Å². The maximum absolute atomic E-state index is 15.4. The van der Waals surface area contributed by atoms with Gasteiger partial charge in [0.15, 0.2) is 6.04 Å². The lowest BCUT2D eigenvalue weighted by Crippen LogP contribution is -2.61. The number of fused-ring (bicyclic) bond motifs is 2. The number of ether oxygens (including phenoxy) is 4. The van der Waals surface area contributed by atoms with E-state index in [1.807, 2.05) is 97.1 Å². The summed E-state index contributed by atoms with van der Waals surface area (Å²) < 4.78 is 21.3. The van der Waals surface area contributed by atoms with Gasteiger partial charge in [0.05, 0.1) is 30.0 Å². The molecule has 9 atom stereocenters. The number of carbonyl (C=O) groups is 8. The Balaban J connectivity index is 1.58. The third-order valence-corrected chi connectivity index (χ3v) is 15.0. The van der Waals surface area contributed by atoms with E-state index < -0.39 is 118 Å². The third kappa shape index (κ3) is 18.5. The number of hydrogen-bond acceptors (Lipinski definition) is 13. The average molecular weight is 1110 g/mol. The van der Waals surface area contributed by atoms with Gasteiger partial charge in [-0.2, -0.15) is 0 Å². The van der Waals surface area contributed by atoms with Gasteiger partial charge < -0.3 is 45.5 Å². The molecule has 5 N–H and O–H groups in total. The topological polar surface area (TPSA) is 234 Å². The highest BCUT2D eigenvalue weighted by molar-refractivity contribution is 8.00. The average Bonchev–Trinajstić information content (AvgIpc) is 4.02. The minimum absolute atomic E-state index is 0.00804. The Morgan fingerprint density at radius 2 is 1.04 bits per heavy atom.